The second-order valence-electron chi connectivity index (χ2n) is 5.06. The van der Waals surface area contributed by atoms with Crippen molar-refractivity contribution in [2.45, 2.75) is 20.1 Å². The first-order chi connectivity index (χ1) is 11.1. The Labute approximate surface area is 132 Å². The lowest BCUT2D eigenvalue weighted by molar-refractivity contribution is -0.105. The van der Waals surface area contributed by atoms with Crippen molar-refractivity contribution in [2.24, 2.45) is 0 Å². The third kappa shape index (κ3) is 2.76. The standard InChI is InChI=1S/C15H18N6O2/c1-3-23-10(2)20-7-11(5-18-20)15-13(17-9-22)6-19-21-8-12(16)4-14(15)21/h4-10H,3,16H2,1-2H3,(H,17,22). The van der Waals surface area contributed by atoms with Crippen LogP contribution in [-0.4, -0.2) is 32.4 Å². The predicted octanol–water partition coefficient (Wildman–Crippen LogP) is 1.90. The molecule has 120 valence electrons. The highest BCUT2D eigenvalue weighted by molar-refractivity contribution is 5.94. The molecule has 3 rings (SSSR count). The molecule has 0 saturated carbocycles. The van der Waals surface area contributed by atoms with Crippen LogP contribution < -0.4 is 11.1 Å². The number of anilines is 2. The molecular weight excluding hydrogens is 296 g/mol. The molecule has 3 aromatic heterocycles. The van der Waals surface area contributed by atoms with Crippen molar-refractivity contribution < 1.29 is 9.53 Å². The molecule has 1 amide bonds. The summed E-state index contributed by atoms with van der Waals surface area (Å²) < 4.78 is 8.94. The number of fused-ring (bicyclic) bond motifs is 1. The second kappa shape index (κ2) is 6.09. The van der Waals surface area contributed by atoms with Crippen LogP contribution in [0.5, 0.6) is 0 Å². The monoisotopic (exact) mass is 314 g/mol. The first kappa shape index (κ1) is 15.0. The van der Waals surface area contributed by atoms with Crippen molar-refractivity contribution in [3.63, 3.8) is 0 Å². The van der Waals surface area contributed by atoms with Gasteiger partial charge < -0.3 is 15.8 Å². The van der Waals surface area contributed by atoms with Crippen molar-refractivity contribution in [2.75, 3.05) is 17.7 Å². The zero-order valence-corrected chi connectivity index (χ0v) is 12.9. The van der Waals surface area contributed by atoms with Crippen LogP contribution in [0.1, 0.15) is 20.1 Å². The van der Waals surface area contributed by atoms with E-state index in [1.54, 1.807) is 27.8 Å². The van der Waals surface area contributed by atoms with Gasteiger partial charge in [-0.25, -0.2) is 9.20 Å². The molecule has 1 atom stereocenters. The molecule has 23 heavy (non-hydrogen) atoms. The number of nitrogens with one attached hydrogen (secondary N) is 1. The van der Waals surface area contributed by atoms with Gasteiger partial charge in [-0.05, 0) is 19.9 Å². The minimum Gasteiger partial charge on any atom is -0.397 e. The highest BCUT2D eigenvalue weighted by atomic mass is 16.5. The van der Waals surface area contributed by atoms with Gasteiger partial charge in [0, 0.05) is 23.9 Å². The number of aromatic nitrogens is 4. The minimum absolute atomic E-state index is 0.175. The van der Waals surface area contributed by atoms with Crippen LogP contribution in [0, 0.1) is 0 Å². The van der Waals surface area contributed by atoms with Gasteiger partial charge in [-0.3, -0.25) is 4.79 Å². The van der Waals surface area contributed by atoms with E-state index in [4.69, 9.17) is 10.5 Å². The molecule has 3 N–H and O–H groups in total. The molecule has 0 aromatic carbocycles. The maximum absolute atomic E-state index is 10.9. The van der Waals surface area contributed by atoms with Crippen molar-refractivity contribution in [3.05, 3.63) is 30.9 Å². The van der Waals surface area contributed by atoms with Crippen LogP contribution in [0.4, 0.5) is 11.4 Å². The van der Waals surface area contributed by atoms with E-state index in [0.29, 0.717) is 24.4 Å². The summed E-state index contributed by atoms with van der Waals surface area (Å²) >= 11 is 0. The summed E-state index contributed by atoms with van der Waals surface area (Å²) in [6.45, 7) is 4.45. The maximum atomic E-state index is 10.9. The summed E-state index contributed by atoms with van der Waals surface area (Å²) in [5.74, 6) is 0. The fourth-order valence-electron chi connectivity index (χ4n) is 2.54. The van der Waals surface area contributed by atoms with E-state index >= 15 is 0 Å². The van der Waals surface area contributed by atoms with Gasteiger partial charge in [-0.2, -0.15) is 10.2 Å². The van der Waals surface area contributed by atoms with Crippen molar-refractivity contribution in [1.82, 2.24) is 19.4 Å². The molecule has 0 spiro atoms. The largest absolute Gasteiger partial charge is 0.397 e. The SMILES string of the molecule is CCOC(C)n1cc(-c2c(NC=O)cnn3cc(N)cc23)cn1. The van der Waals surface area contributed by atoms with Crippen LogP contribution in [-0.2, 0) is 9.53 Å². The lowest BCUT2D eigenvalue weighted by atomic mass is 10.1. The van der Waals surface area contributed by atoms with Gasteiger partial charge in [0.15, 0.2) is 0 Å². The second-order valence-corrected chi connectivity index (χ2v) is 5.06. The minimum atomic E-state index is -0.175. The normalized spacial score (nSPS) is 12.4. The van der Waals surface area contributed by atoms with Gasteiger partial charge in [0.1, 0.15) is 6.23 Å². The maximum Gasteiger partial charge on any atom is 0.211 e. The number of carbonyl (C=O) groups is 1. The number of nitrogens with zero attached hydrogens (tertiary/aromatic N) is 4. The Hall–Kier alpha value is -2.87. The number of hydrogen-bond acceptors (Lipinski definition) is 5. The summed E-state index contributed by atoms with van der Waals surface area (Å²) in [4.78, 5) is 10.9. The molecule has 0 aliphatic carbocycles. The highest BCUT2D eigenvalue weighted by Crippen LogP contribution is 2.33. The first-order valence-corrected chi connectivity index (χ1v) is 7.27. The zero-order chi connectivity index (χ0) is 16.4. The molecular formula is C15H18N6O2. The first-order valence-electron chi connectivity index (χ1n) is 7.27. The Bertz CT molecular complexity index is 838. The van der Waals surface area contributed by atoms with Gasteiger partial charge in [-0.15, -0.1) is 0 Å². The third-order valence-electron chi connectivity index (χ3n) is 3.54. The highest BCUT2D eigenvalue weighted by Gasteiger charge is 2.15. The Morgan fingerprint density at radius 3 is 2.96 bits per heavy atom. The third-order valence-corrected chi connectivity index (χ3v) is 3.54. The molecule has 3 heterocycles. The average Bonchev–Trinajstić information content (AvgIpc) is 3.13. The van der Waals surface area contributed by atoms with Gasteiger partial charge in [0.25, 0.3) is 0 Å². The number of amides is 1. The number of nitrogen functional groups attached to an aromatic ring is 1. The number of ether oxygens (including phenoxy) is 1. The number of rotatable bonds is 6. The fourth-order valence-corrected chi connectivity index (χ4v) is 2.54. The van der Waals surface area contributed by atoms with Crippen molar-refractivity contribution in [1.29, 1.82) is 0 Å². The number of nitrogens with two attached hydrogens (primary N) is 1. The van der Waals surface area contributed by atoms with Crippen molar-refractivity contribution >= 4 is 23.3 Å². The van der Waals surface area contributed by atoms with Crippen LogP contribution in [0.15, 0.2) is 30.9 Å². The summed E-state index contributed by atoms with van der Waals surface area (Å²) in [5.41, 5.74) is 9.48. The van der Waals surface area contributed by atoms with Crippen LogP contribution >= 0.6 is 0 Å². The van der Waals surface area contributed by atoms with Crippen LogP contribution in [0.25, 0.3) is 16.6 Å². The van der Waals surface area contributed by atoms with E-state index < -0.39 is 0 Å². The predicted molar refractivity (Wildman–Crippen MR) is 86.8 cm³/mol. The van der Waals surface area contributed by atoms with Gasteiger partial charge >= 0.3 is 0 Å². The smallest absolute Gasteiger partial charge is 0.211 e. The molecule has 3 aromatic rings. The Morgan fingerprint density at radius 2 is 2.22 bits per heavy atom. The molecule has 0 saturated heterocycles. The summed E-state index contributed by atoms with van der Waals surface area (Å²) in [6, 6.07) is 1.81. The molecule has 0 aliphatic heterocycles. The molecule has 1 unspecified atom stereocenters. The van der Waals surface area contributed by atoms with E-state index in [1.165, 1.54) is 0 Å². The topological polar surface area (TPSA) is 99.5 Å². The Kier molecular flexibility index (Phi) is 3.98. The fraction of sp³-hybridized carbons (Fsp3) is 0.267. The molecule has 8 heteroatoms. The Morgan fingerprint density at radius 1 is 1.39 bits per heavy atom. The Balaban J connectivity index is 2.13. The summed E-state index contributed by atoms with van der Waals surface area (Å²) in [6.07, 6.45) is 7.34. The number of carbonyl (C=O) groups excluding carboxylic acids is 1. The molecule has 8 nitrogen and oxygen atoms in total. The molecule has 0 bridgehead atoms. The molecule has 0 fully saturated rings. The summed E-state index contributed by atoms with van der Waals surface area (Å²) in [5, 5.41) is 11.3. The average molecular weight is 314 g/mol. The quantitative estimate of drug-likeness (QED) is 0.677. The van der Waals surface area contributed by atoms with Gasteiger partial charge in [0.05, 0.1) is 35.5 Å². The number of hydrogen-bond donors (Lipinski definition) is 2. The lowest BCUT2D eigenvalue weighted by Gasteiger charge is -2.11. The van der Waals surface area contributed by atoms with Gasteiger partial charge in [0.2, 0.25) is 6.41 Å². The van der Waals surface area contributed by atoms with E-state index in [9.17, 15) is 4.79 Å². The van der Waals surface area contributed by atoms with E-state index in [1.807, 2.05) is 26.1 Å². The van der Waals surface area contributed by atoms with Crippen LogP contribution in [0.3, 0.4) is 0 Å². The lowest BCUT2D eigenvalue weighted by Crippen LogP contribution is -2.09. The van der Waals surface area contributed by atoms with E-state index in [-0.39, 0.29) is 6.23 Å². The van der Waals surface area contributed by atoms with Gasteiger partial charge in [-0.1, -0.05) is 0 Å². The summed E-state index contributed by atoms with van der Waals surface area (Å²) in [7, 11) is 0. The molecule has 0 radical (unpaired) electrons. The molecule has 0 aliphatic rings. The van der Waals surface area contributed by atoms with Crippen molar-refractivity contribution in [3.8, 4) is 11.1 Å². The van der Waals surface area contributed by atoms with E-state index in [0.717, 1.165) is 16.6 Å². The zero-order valence-electron chi connectivity index (χ0n) is 12.9. The van der Waals surface area contributed by atoms with E-state index in [2.05, 4.69) is 15.5 Å². The van der Waals surface area contributed by atoms with Crippen LogP contribution in [0.2, 0.25) is 0 Å².